The standard InChI is InChI=1S/C16H20N2S/c1-10(13-9-11-6-7-12(13)8-11)17-16-18-14-4-2-3-5-15(14)19-16/h2-5,10-13H,6-9H2,1H3,(H,17,18). The molecule has 0 radical (unpaired) electrons. The molecule has 2 saturated carbocycles. The molecule has 0 amide bonds. The van der Waals surface area contributed by atoms with Gasteiger partial charge in [0.05, 0.1) is 10.2 Å². The molecule has 4 atom stereocenters. The minimum Gasteiger partial charge on any atom is -0.359 e. The van der Waals surface area contributed by atoms with Gasteiger partial charge in [0.15, 0.2) is 5.13 Å². The predicted molar refractivity (Wildman–Crippen MR) is 81.6 cm³/mol. The Bertz CT molecular complexity index is 558. The summed E-state index contributed by atoms with van der Waals surface area (Å²) in [6.07, 6.45) is 5.86. The molecule has 2 nitrogen and oxygen atoms in total. The van der Waals surface area contributed by atoms with Crippen LogP contribution in [0.4, 0.5) is 5.13 Å². The van der Waals surface area contributed by atoms with Crippen molar-refractivity contribution in [3.63, 3.8) is 0 Å². The van der Waals surface area contributed by atoms with Crippen molar-refractivity contribution < 1.29 is 0 Å². The largest absolute Gasteiger partial charge is 0.359 e. The van der Waals surface area contributed by atoms with E-state index in [1.54, 1.807) is 11.3 Å². The van der Waals surface area contributed by atoms with Crippen molar-refractivity contribution in [3.8, 4) is 0 Å². The summed E-state index contributed by atoms with van der Waals surface area (Å²) in [5, 5.41) is 4.76. The highest BCUT2D eigenvalue weighted by Crippen LogP contribution is 2.50. The highest BCUT2D eigenvalue weighted by molar-refractivity contribution is 7.22. The molecule has 4 rings (SSSR count). The second kappa shape index (κ2) is 4.48. The summed E-state index contributed by atoms with van der Waals surface area (Å²) in [6, 6.07) is 8.96. The van der Waals surface area contributed by atoms with Crippen LogP contribution in [-0.2, 0) is 0 Å². The van der Waals surface area contributed by atoms with Gasteiger partial charge in [0, 0.05) is 6.04 Å². The molecule has 4 unspecified atom stereocenters. The molecule has 0 saturated heterocycles. The Morgan fingerprint density at radius 3 is 2.89 bits per heavy atom. The first-order valence-corrected chi connectivity index (χ1v) is 8.23. The zero-order valence-electron chi connectivity index (χ0n) is 11.3. The lowest BCUT2D eigenvalue weighted by atomic mass is 9.84. The number of rotatable bonds is 3. The van der Waals surface area contributed by atoms with Crippen molar-refractivity contribution in [2.45, 2.75) is 38.6 Å². The van der Waals surface area contributed by atoms with Crippen LogP contribution in [0.5, 0.6) is 0 Å². The van der Waals surface area contributed by atoms with Gasteiger partial charge in [-0.1, -0.05) is 29.9 Å². The maximum absolute atomic E-state index is 4.69. The predicted octanol–water partition coefficient (Wildman–Crippen LogP) is 4.53. The lowest BCUT2D eigenvalue weighted by Gasteiger charge is -2.28. The Labute approximate surface area is 118 Å². The number of anilines is 1. The summed E-state index contributed by atoms with van der Waals surface area (Å²) in [7, 11) is 0. The van der Waals surface area contributed by atoms with E-state index in [9.17, 15) is 0 Å². The van der Waals surface area contributed by atoms with E-state index in [0.717, 1.165) is 28.4 Å². The average molecular weight is 272 g/mol. The van der Waals surface area contributed by atoms with Gasteiger partial charge in [0.1, 0.15) is 0 Å². The smallest absolute Gasteiger partial charge is 0.184 e. The van der Waals surface area contributed by atoms with E-state index >= 15 is 0 Å². The minimum absolute atomic E-state index is 0.566. The van der Waals surface area contributed by atoms with Crippen LogP contribution < -0.4 is 5.32 Å². The van der Waals surface area contributed by atoms with Gasteiger partial charge in [-0.15, -0.1) is 0 Å². The van der Waals surface area contributed by atoms with E-state index in [0.29, 0.717) is 6.04 Å². The van der Waals surface area contributed by atoms with Gasteiger partial charge in [-0.3, -0.25) is 0 Å². The number of nitrogens with one attached hydrogen (secondary N) is 1. The zero-order chi connectivity index (χ0) is 12.8. The lowest BCUT2D eigenvalue weighted by molar-refractivity contribution is 0.304. The van der Waals surface area contributed by atoms with Gasteiger partial charge in [-0.25, -0.2) is 4.98 Å². The fraction of sp³-hybridized carbons (Fsp3) is 0.562. The Kier molecular flexibility index (Phi) is 2.76. The number of nitrogens with zero attached hydrogens (tertiary/aromatic N) is 1. The van der Waals surface area contributed by atoms with E-state index in [1.165, 1.54) is 30.4 Å². The van der Waals surface area contributed by atoms with Crippen molar-refractivity contribution in [3.05, 3.63) is 24.3 Å². The van der Waals surface area contributed by atoms with Gasteiger partial charge >= 0.3 is 0 Å². The molecule has 2 aliphatic rings. The van der Waals surface area contributed by atoms with Crippen molar-refractivity contribution in [2.75, 3.05) is 5.32 Å². The second-order valence-electron chi connectivity index (χ2n) is 6.26. The average Bonchev–Trinajstić information content (AvgIpc) is 3.12. The van der Waals surface area contributed by atoms with Gasteiger partial charge in [0.25, 0.3) is 0 Å². The summed E-state index contributed by atoms with van der Waals surface area (Å²) in [5.41, 5.74) is 1.12. The second-order valence-corrected chi connectivity index (χ2v) is 7.29. The van der Waals surface area contributed by atoms with Crippen molar-refractivity contribution in [1.82, 2.24) is 4.98 Å². The fourth-order valence-electron chi connectivity index (χ4n) is 4.14. The van der Waals surface area contributed by atoms with E-state index in [-0.39, 0.29) is 0 Å². The Hall–Kier alpha value is -1.09. The zero-order valence-corrected chi connectivity index (χ0v) is 12.1. The number of aromatic nitrogens is 1. The molecule has 19 heavy (non-hydrogen) atoms. The molecule has 1 heterocycles. The number of fused-ring (bicyclic) bond motifs is 3. The van der Waals surface area contributed by atoms with Gasteiger partial charge in [0.2, 0.25) is 0 Å². The number of hydrogen-bond donors (Lipinski definition) is 1. The van der Waals surface area contributed by atoms with E-state index in [2.05, 4.69) is 36.5 Å². The molecule has 3 heteroatoms. The molecule has 1 aromatic carbocycles. The molecule has 0 aliphatic heterocycles. The third-order valence-corrected chi connectivity index (χ3v) is 6.05. The molecule has 2 fully saturated rings. The fourth-order valence-corrected chi connectivity index (χ4v) is 5.10. The number of hydrogen-bond acceptors (Lipinski definition) is 3. The van der Waals surface area contributed by atoms with Crippen LogP contribution >= 0.6 is 11.3 Å². The molecule has 2 bridgehead atoms. The molecule has 2 aromatic rings. The topological polar surface area (TPSA) is 24.9 Å². The van der Waals surface area contributed by atoms with Crippen LogP contribution in [-0.4, -0.2) is 11.0 Å². The normalized spacial score (nSPS) is 30.9. The molecule has 100 valence electrons. The molecule has 2 aliphatic carbocycles. The van der Waals surface area contributed by atoms with Crippen LogP contribution in [0.25, 0.3) is 10.2 Å². The van der Waals surface area contributed by atoms with E-state index < -0.39 is 0 Å². The van der Waals surface area contributed by atoms with Crippen molar-refractivity contribution in [2.24, 2.45) is 17.8 Å². The van der Waals surface area contributed by atoms with Gasteiger partial charge < -0.3 is 5.32 Å². The molecule has 1 N–H and O–H groups in total. The first-order chi connectivity index (χ1) is 9.29. The third-order valence-electron chi connectivity index (χ3n) is 5.08. The molecule has 1 aromatic heterocycles. The van der Waals surface area contributed by atoms with Crippen LogP contribution in [0.2, 0.25) is 0 Å². The number of benzene rings is 1. The van der Waals surface area contributed by atoms with E-state index in [1.807, 2.05) is 0 Å². The van der Waals surface area contributed by atoms with Crippen LogP contribution in [0.3, 0.4) is 0 Å². The first kappa shape index (κ1) is 11.7. The van der Waals surface area contributed by atoms with Crippen LogP contribution in [0, 0.1) is 17.8 Å². The van der Waals surface area contributed by atoms with Crippen molar-refractivity contribution >= 4 is 26.7 Å². The Morgan fingerprint density at radius 1 is 1.26 bits per heavy atom. The van der Waals surface area contributed by atoms with Crippen LogP contribution in [0.1, 0.15) is 32.6 Å². The minimum atomic E-state index is 0.566. The Balaban J connectivity index is 1.51. The summed E-state index contributed by atoms with van der Waals surface area (Å²) < 4.78 is 1.28. The van der Waals surface area contributed by atoms with E-state index in [4.69, 9.17) is 4.98 Å². The molecular weight excluding hydrogens is 252 g/mol. The summed E-state index contributed by atoms with van der Waals surface area (Å²) in [6.45, 7) is 2.34. The Morgan fingerprint density at radius 2 is 2.16 bits per heavy atom. The maximum atomic E-state index is 4.69. The summed E-state index contributed by atoms with van der Waals surface area (Å²) >= 11 is 1.78. The third kappa shape index (κ3) is 2.04. The SMILES string of the molecule is CC(Nc1nc2ccccc2s1)C1CC2CCC1C2. The molecular formula is C16H20N2S. The van der Waals surface area contributed by atoms with Crippen molar-refractivity contribution in [1.29, 1.82) is 0 Å². The summed E-state index contributed by atoms with van der Waals surface area (Å²) in [5.74, 6) is 2.86. The number of thiazole rings is 1. The molecule has 0 spiro atoms. The monoisotopic (exact) mass is 272 g/mol. The van der Waals surface area contributed by atoms with Crippen LogP contribution in [0.15, 0.2) is 24.3 Å². The lowest BCUT2D eigenvalue weighted by Crippen LogP contribution is -2.29. The van der Waals surface area contributed by atoms with Gasteiger partial charge in [-0.2, -0.15) is 0 Å². The van der Waals surface area contributed by atoms with Gasteiger partial charge in [-0.05, 0) is 56.1 Å². The highest BCUT2D eigenvalue weighted by atomic mass is 32.1. The highest BCUT2D eigenvalue weighted by Gasteiger charge is 2.41. The quantitative estimate of drug-likeness (QED) is 0.887. The first-order valence-electron chi connectivity index (χ1n) is 7.41. The maximum Gasteiger partial charge on any atom is 0.184 e. The number of para-hydroxylation sites is 1. The summed E-state index contributed by atoms with van der Waals surface area (Å²) in [4.78, 5) is 4.69.